The van der Waals surface area contributed by atoms with E-state index < -0.39 is 23.8 Å². The first-order valence-corrected chi connectivity index (χ1v) is 8.46. The van der Waals surface area contributed by atoms with Crippen molar-refractivity contribution in [3.63, 3.8) is 0 Å². The second-order valence-electron chi connectivity index (χ2n) is 6.33. The summed E-state index contributed by atoms with van der Waals surface area (Å²) in [7, 11) is 0. The Morgan fingerprint density at radius 1 is 1.30 bits per heavy atom. The Bertz CT molecular complexity index is 827. The first kappa shape index (κ1) is 19.4. The van der Waals surface area contributed by atoms with E-state index in [4.69, 9.17) is 9.47 Å². The number of amides is 1. The maximum absolute atomic E-state index is 13.5. The summed E-state index contributed by atoms with van der Waals surface area (Å²) in [6.07, 6.45) is -5.36. The molecule has 2 aromatic rings. The van der Waals surface area contributed by atoms with Gasteiger partial charge in [0.15, 0.2) is 6.10 Å². The van der Waals surface area contributed by atoms with Gasteiger partial charge in [-0.15, -0.1) is 0 Å². The molecule has 6 nitrogen and oxygen atoms in total. The maximum Gasteiger partial charge on any atom is 0.416 e. The second-order valence-corrected chi connectivity index (χ2v) is 6.33. The Morgan fingerprint density at radius 2 is 2.07 bits per heavy atom. The van der Waals surface area contributed by atoms with Gasteiger partial charge < -0.3 is 14.8 Å². The number of rotatable bonds is 4. The summed E-state index contributed by atoms with van der Waals surface area (Å²) >= 11 is 0. The van der Waals surface area contributed by atoms with Crippen LogP contribution in [0.2, 0.25) is 0 Å². The van der Waals surface area contributed by atoms with E-state index in [-0.39, 0.29) is 25.3 Å². The molecule has 27 heavy (non-hydrogen) atoms. The molecule has 2 heterocycles. The fraction of sp³-hybridized carbons (Fsp3) is 0.444. The zero-order valence-electron chi connectivity index (χ0n) is 15.0. The predicted molar refractivity (Wildman–Crippen MR) is 90.4 cm³/mol. The van der Waals surface area contributed by atoms with E-state index in [1.54, 1.807) is 26.0 Å². The van der Waals surface area contributed by atoms with E-state index in [9.17, 15) is 18.0 Å². The second kappa shape index (κ2) is 7.69. The van der Waals surface area contributed by atoms with Gasteiger partial charge in [-0.1, -0.05) is 6.07 Å². The molecule has 0 aliphatic carbocycles. The van der Waals surface area contributed by atoms with Crippen LogP contribution in [0.25, 0.3) is 5.69 Å². The van der Waals surface area contributed by atoms with Gasteiger partial charge in [-0.3, -0.25) is 4.79 Å². The minimum atomic E-state index is -4.56. The number of aromatic nitrogens is 2. The molecule has 1 saturated heterocycles. The molecule has 0 radical (unpaired) electrons. The van der Waals surface area contributed by atoms with E-state index >= 15 is 0 Å². The van der Waals surface area contributed by atoms with Crippen molar-refractivity contribution >= 4 is 5.91 Å². The number of benzene rings is 1. The molecule has 0 spiro atoms. The van der Waals surface area contributed by atoms with Gasteiger partial charge in [0.25, 0.3) is 5.91 Å². The van der Waals surface area contributed by atoms with Crippen LogP contribution in [0.3, 0.4) is 0 Å². The fourth-order valence-corrected chi connectivity index (χ4v) is 2.94. The number of ether oxygens (including phenoxy) is 2. The highest BCUT2D eigenvalue weighted by Gasteiger charge is 2.34. The predicted octanol–water partition coefficient (Wildman–Crippen LogP) is 2.54. The highest BCUT2D eigenvalue weighted by Crippen LogP contribution is 2.33. The molecule has 0 unspecified atom stereocenters. The van der Waals surface area contributed by atoms with Crippen LogP contribution in [0, 0.1) is 13.8 Å². The standard InChI is InChI=1S/C18H20F3N3O3/c1-11-7-12(2)24(23-11)14-4-3-13(15(8-14)18(19,20)21)9-22-17(25)16-10-26-5-6-27-16/h3-4,7-8,16H,5-6,9-10H2,1-2H3,(H,22,25)/t16-/m1/s1. The van der Waals surface area contributed by atoms with E-state index in [0.717, 1.165) is 11.8 Å². The zero-order valence-corrected chi connectivity index (χ0v) is 15.0. The molecule has 1 amide bonds. The first-order valence-electron chi connectivity index (χ1n) is 8.46. The number of aryl methyl sites for hydroxylation is 2. The molecule has 1 N–H and O–H groups in total. The van der Waals surface area contributed by atoms with Gasteiger partial charge >= 0.3 is 6.18 Å². The van der Waals surface area contributed by atoms with Crippen LogP contribution in [0.5, 0.6) is 0 Å². The topological polar surface area (TPSA) is 65.4 Å². The molecular weight excluding hydrogens is 363 g/mol. The van der Waals surface area contributed by atoms with Crippen LogP contribution in [-0.4, -0.2) is 41.6 Å². The smallest absolute Gasteiger partial charge is 0.376 e. The summed E-state index contributed by atoms with van der Waals surface area (Å²) in [6.45, 7) is 4.06. The highest BCUT2D eigenvalue weighted by atomic mass is 19.4. The Morgan fingerprint density at radius 3 is 2.67 bits per heavy atom. The van der Waals surface area contributed by atoms with Crippen molar-refractivity contribution < 1.29 is 27.4 Å². The van der Waals surface area contributed by atoms with Gasteiger partial charge in [-0.25, -0.2) is 4.68 Å². The van der Waals surface area contributed by atoms with E-state index in [2.05, 4.69) is 10.4 Å². The van der Waals surface area contributed by atoms with Gasteiger partial charge in [0, 0.05) is 12.2 Å². The monoisotopic (exact) mass is 383 g/mol. The number of halogens is 3. The summed E-state index contributed by atoms with van der Waals surface area (Å²) < 4.78 is 52.5. The number of nitrogens with one attached hydrogen (secondary N) is 1. The van der Waals surface area contributed by atoms with Gasteiger partial charge in [-0.05, 0) is 37.6 Å². The quantitative estimate of drug-likeness (QED) is 0.881. The lowest BCUT2D eigenvalue weighted by atomic mass is 10.1. The third kappa shape index (κ3) is 4.48. The molecule has 1 aliphatic heterocycles. The number of nitrogens with zero attached hydrogens (tertiary/aromatic N) is 2. The van der Waals surface area contributed by atoms with Crippen molar-refractivity contribution in [3.05, 3.63) is 46.8 Å². The average Bonchev–Trinajstić information content (AvgIpc) is 2.97. The number of hydrogen-bond acceptors (Lipinski definition) is 4. The van der Waals surface area contributed by atoms with Gasteiger partial charge in [0.1, 0.15) is 0 Å². The highest BCUT2D eigenvalue weighted by molar-refractivity contribution is 5.81. The van der Waals surface area contributed by atoms with Crippen molar-refractivity contribution in [2.45, 2.75) is 32.7 Å². The Balaban J connectivity index is 1.82. The minimum absolute atomic E-state index is 0.0298. The van der Waals surface area contributed by atoms with Crippen LogP contribution < -0.4 is 5.32 Å². The minimum Gasteiger partial charge on any atom is -0.376 e. The number of carbonyl (C=O) groups excluding carboxylic acids is 1. The molecule has 3 rings (SSSR count). The van der Waals surface area contributed by atoms with E-state index in [1.807, 2.05) is 0 Å². The molecule has 0 bridgehead atoms. The SMILES string of the molecule is Cc1cc(C)n(-c2ccc(CNC(=O)[C@H]3COCCO3)c(C(F)(F)F)c2)n1. The molecule has 1 fully saturated rings. The average molecular weight is 383 g/mol. The zero-order chi connectivity index (χ0) is 19.6. The lowest BCUT2D eigenvalue weighted by Gasteiger charge is -2.22. The molecule has 1 aromatic carbocycles. The largest absolute Gasteiger partial charge is 0.416 e. The van der Waals surface area contributed by atoms with E-state index in [0.29, 0.717) is 18.0 Å². The van der Waals surface area contributed by atoms with Crippen LogP contribution in [0.4, 0.5) is 13.2 Å². The molecule has 0 saturated carbocycles. The maximum atomic E-state index is 13.5. The van der Waals surface area contributed by atoms with Crippen molar-refractivity contribution in [1.82, 2.24) is 15.1 Å². The molecule has 146 valence electrons. The first-order chi connectivity index (χ1) is 12.8. The van der Waals surface area contributed by atoms with Crippen molar-refractivity contribution in [2.24, 2.45) is 0 Å². The number of alkyl halides is 3. The molecular formula is C18H20F3N3O3. The summed E-state index contributed by atoms with van der Waals surface area (Å²) in [5, 5.41) is 6.71. The third-order valence-corrected chi connectivity index (χ3v) is 4.21. The van der Waals surface area contributed by atoms with Crippen LogP contribution in [0.1, 0.15) is 22.5 Å². The lowest BCUT2D eigenvalue weighted by Crippen LogP contribution is -2.42. The van der Waals surface area contributed by atoms with Crippen LogP contribution in [-0.2, 0) is 27.0 Å². The van der Waals surface area contributed by atoms with E-state index in [1.165, 1.54) is 10.7 Å². The van der Waals surface area contributed by atoms with Crippen molar-refractivity contribution in [3.8, 4) is 5.69 Å². The molecule has 1 aromatic heterocycles. The van der Waals surface area contributed by atoms with Crippen LogP contribution in [0.15, 0.2) is 24.3 Å². The Hall–Kier alpha value is -2.39. The summed E-state index contributed by atoms with van der Waals surface area (Å²) in [6, 6.07) is 5.73. The molecule has 1 aliphatic rings. The van der Waals surface area contributed by atoms with Gasteiger partial charge in [0.2, 0.25) is 0 Å². The number of hydrogen-bond donors (Lipinski definition) is 1. The summed E-state index contributed by atoms with van der Waals surface area (Å²) in [5.41, 5.74) is 0.918. The fourth-order valence-electron chi connectivity index (χ4n) is 2.94. The molecule has 1 atom stereocenters. The normalized spacial score (nSPS) is 17.7. The van der Waals surface area contributed by atoms with Gasteiger partial charge in [-0.2, -0.15) is 18.3 Å². The number of carbonyl (C=O) groups is 1. The lowest BCUT2D eigenvalue weighted by molar-refractivity contribution is -0.148. The Kier molecular flexibility index (Phi) is 5.52. The summed E-state index contributed by atoms with van der Waals surface area (Å²) in [4.78, 5) is 12.1. The van der Waals surface area contributed by atoms with Gasteiger partial charge in [0.05, 0.1) is 36.8 Å². The van der Waals surface area contributed by atoms with Crippen LogP contribution >= 0.6 is 0 Å². The summed E-state index contributed by atoms with van der Waals surface area (Å²) in [5.74, 6) is -0.495. The molecule has 9 heteroatoms. The third-order valence-electron chi connectivity index (χ3n) is 4.21. The Labute approximate surface area is 154 Å². The van der Waals surface area contributed by atoms with Crippen molar-refractivity contribution in [2.75, 3.05) is 19.8 Å². The van der Waals surface area contributed by atoms with Crippen molar-refractivity contribution in [1.29, 1.82) is 0 Å².